The number of aromatic nitrogens is 2. The van der Waals surface area contributed by atoms with Crippen LogP contribution in [0.5, 0.6) is 0 Å². The lowest BCUT2D eigenvalue weighted by Gasteiger charge is -2.37. The largest absolute Gasteiger partial charge is 0.319 e. The van der Waals surface area contributed by atoms with Crippen LogP contribution in [-0.4, -0.2) is 15.6 Å². The number of benzene rings is 4. The number of anilines is 2. The summed E-state index contributed by atoms with van der Waals surface area (Å²) in [6.07, 6.45) is 16.8. The Bertz CT molecular complexity index is 2270. The van der Waals surface area contributed by atoms with Gasteiger partial charge in [0.1, 0.15) is 5.82 Å². The summed E-state index contributed by atoms with van der Waals surface area (Å²) < 4.78 is 2.54. The van der Waals surface area contributed by atoms with Crippen LogP contribution < -0.4 is 4.90 Å². The van der Waals surface area contributed by atoms with Gasteiger partial charge in [-0.3, -0.25) is 0 Å². The van der Waals surface area contributed by atoms with Gasteiger partial charge in [0, 0.05) is 39.2 Å². The second kappa shape index (κ2) is 9.93. The molecule has 3 heteroatoms. The first-order chi connectivity index (χ1) is 22.1. The van der Waals surface area contributed by atoms with Crippen LogP contribution in [-0.2, 0) is 5.41 Å². The summed E-state index contributed by atoms with van der Waals surface area (Å²) in [5.41, 5.74) is 10.6. The van der Waals surface area contributed by atoms with Gasteiger partial charge < -0.3 is 9.47 Å². The van der Waals surface area contributed by atoms with E-state index in [1.165, 1.54) is 49.6 Å². The molecule has 3 heterocycles. The van der Waals surface area contributed by atoms with Crippen LogP contribution in [0, 0.1) is 0 Å². The van der Waals surface area contributed by atoms with Crippen LogP contribution >= 0.6 is 0 Å². The molecular weight excluding hydrogens is 546 g/mol. The molecule has 9 rings (SSSR count). The Morgan fingerprint density at radius 3 is 2.53 bits per heavy atom. The summed E-state index contributed by atoms with van der Waals surface area (Å²) in [5, 5.41) is 4.97. The number of pyridine rings is 1. The van der Waals surface area contributed by atoms with E-state index < -0.39 is 0 Å². The predicted molar refractivity (Wildman–Crippen MR) is 190 cm³/mol. The van der Waals surface area contributed by atoms with Crippen molar-refractivity contribution in [1.82, 2.24) is 9.55 Å². The molecule has 0 fully saturated rings. The number of allylic oxidation sites excluding steroid dienone is 6. The van der Waals surface area contributed by atoms with Crippen molar-refractivity contribution in [1.29, 1.82) is 0 Å². The van der Waals surface area contributed by atoms with Crippen molar-refractivity contribution in [3.05, 3.63) is 150 Å². The Kier molecular flexibility index (Phi) is 5.80. The van der Waals surface area contributed by atoms with Gasteiger partial charge in [0.25, 0.3) is 0 Å². The van der Waals surface area contributed by atoms with Gasteiger partial charge in [-0.25, -0.2) is 4.98 Å². The van der Waals surface area contributed by atoms with E-state index in [1.807, 2.05) is 6.20 Å². The number of fused-ring (bicyclic) bond motifs is 5. The van der Waals surface area contributed by atoms with Crippen LogP contribution in [0.2, 0.25) is 0 Å². The van der Waals surface area contributed by atoms with E-state index in [1.54, 1.807) is 5.57 Å². The Morgan fingerprint density at radius 2 is 1.67 bits per heavy atom. The normalized spacial score (nSPS) is 18.4. The molecule has 1 aliphatic heterocycles. The molecule has 45 heavy (non-hydrogen) atoms. The van der Waals surface area contributed by atoms with Crippen LogP contribution in [0.25, 0.3) is 43.8 Å². The van der Waals surface area contributed by atoms with Gasteiger partial charge in [-0.2, -0.15) is 0 Å². The lowest BCUT2D eigenvalue weighted by molar-refractivity contribution is 0.585. The van der Waals surface area contributed by atoms with Crippen molar-refractivity contribution < 1.29 is 0 Å². The van der Waals surface area contributed by atoms with Gasteiger partial charge in [-0.15, -0.1) is 0 Å². The zero-order chi connectivity index (χ0) is 30.1. The van der Waals surface area contributed by atoms with E-state index in [4.69, 9.17) is 4.98 Å². The van der Waals surface area contributed by atoms with Gasteiger partial charge in [-0.1, -0.05) is 111 Å². The smallest absolute Gasteiger partial charge is 0.141 e. The zero-order valence-electron chi connectivity index (χ0n) is 25.7. The van der Waals surface area contributed by atoms with Gasteiger partial charge in [0.15, 0.2) is 0 Å². The molecule has 1 atom stereocenters. The van der Waals surface area contributed by atoms with Crippen molar-refractivity contribution in [2.24, 2.45) is 0 Å². The second-order valence-electron chi connectivity index (χ2n) is 13.1. The quantitative estimate of drug-likeness (QED) is 0.206. The number of hydrogen-bond acceptors (Lipinski definition) is 2. The average molecular weight is 582 g/mol. The summed E-state index contributed by atoms with van der Waals surface area (Å²) in [5.74, 6) is 0.994. The standard InChI is InChI=1S/C42H35N3/c1-42(2)36-16-8-9-18-39(36)45-38-24-23-32(27-35(38)34-15-10-17-37(42)40(34)45)44(41-33-14-7-6-13-30(33)25-26-43-41)31-21-19-29(20-22-31)28-11-4-3-5-12-28/h3-7,9-15,17-21,23-27,31H,8,16,22H2,1-2H3. The monoisotopic (exact) mass is 581 g/mol. The molecule has 0 radical (unpaired) electrons. The Labute approximate surface area is 264 Å². The number of rotatable bonds is 4. The summed E-state index contributed by atoms with van der Waals surface area (Å²) in [4.78, 5) is 7.50. The third kappa shape index (κ3) is 3.93. The molecule has 2 aliphatic carbocycles. The van der Waals surface area contributed by atoms with Crippen LogP contribution in [0.4, 0.5) is 11.5 Å². The fourth-order valence-corrected chi connectivity index (χ4v) is 8.03. The van der Waals surface area contributed by atoms with Crippen LogP contribution in [0.3, 0.4) is 0 Å². The summed E-state index contributed by atoms with van der Waals surface area (Å²) in [7, 11) is 0. The fourth-order valence-electron chi connectivity index (χ4n) is 8.03. The van der Waals surface area contributed by atoms with E-state index in [9.17, 15) is 0 Å². The van der Waals surface area contributed by atoms with Gasteiger partial charge >= 0.3 is 0 Å². The second-order valence-corrected chi connectivity index (χ2v) is 13.1. The van der Waals surface area contributed by atoms with Gasteiger partial charge in [0.2, 0.25) is 0 Å². The Morgan fingerprint density at radius 1 is 0.822 bits per heavy atom. The minimum Gasteiger partial charge on any atom is -0.319 e. The molecule has 6 aromatic rings. The zero-order valence-corrected chi connectivity index (χ0v) is 25.7. The number of hydrogen-bond donors (Lipinski definition) is 0. The molecule has 0 spiro atoms. The molecule has 218 valence electrons. The average Bonchev–Trinajstić information content (AvgIpc) is 3.43. The molecule has 0 saturated carbocycles. The third-order valence-corrected chi connectivity index (χ3v) is 10.3. The first-order valence-electron chi connectivity index (χ1n) is 16.1. The molecule has 3 aliphatic rings. The van der Waals surface area contributed by atoms with Crippen molar-refractivity contribution in [2.45, 2.75) is 44.6 Å². The minimum absolute atomic E-state index is 0.00140. The molecule has 4 aromatic carbocycles. The maximum atomic E-state index is 5.05. The number of nitrogens with zero attached hydrogens (tertiary/aromatic N) is 3. The van der Waals surface area contributed by atoms with Crippen molar-refractivity contribution >= 4 is 55.4 Å². The first-order valence-corrected chi connectivity index (χ1v) is 16.1. The molecule has 3 nitrogen and oxygen atoms in total. The molecule has 0 bridgehead atoms. The minimum atomic E-state index is 0.00140. The Balaban J connectivity index is 1.25. The van der Waals surface area contributed by atoms with Crippen molar-refractivity contribution in [2.75, 3.05) is 4.90 Å². The summed E-state index contributed by atoms with van der Waals surface area (Å²) in [6, 6.07) is 35.5. The molecule has 0 saturated heterocycles. The fraction of sp³-hybridized carbons (Fsp3) is 0.167. The highest BCUT2D eigenvalue weighted by molar-refractivity contribution is 6.14. The third-order valence-electron chi connectivity index (χ3n) is 10.3. The molecular formula is C42H35N3. The lowest BCUT2D eigenvalue weighted by Crippen LogP contribution is -2.31. The van der Waals surface area contributed by atoms with Gasteiger partial charge in [-0.05, 0) is 77.3 Å². The highest BCUT2D eigenvalue weighted by Crippen LogP contribution is 2.50. The van der Waals surface area contributed by atoms with Crippen LogP contribution in [0.15, 0.2) is 139 Å². The SMILES string of the molecule is CC1(C)C2=C(C=CCC2)n2c3ccc(N(c4nccc5ccccc45)C4C=CC(c5ccccc5)=CC4)cc3c3cccc1c32. The summed E-state index contributed by atoms with van der Waals surface area (Å²) >= 11 is 0. The molecule has 0 amide bonds. The predicted octanol–water partition coefficient (Wildman–Crippen LogP) is 10.7. The van der Waals surface area contributed by atoms with Crippen molar-refractivity contribution in [3.8, 4) is 0 Å². The van der Waals surface area contributed by atoms with Crippen molar-refractivity contribution in [3.63, 3.8) is 0 Å². The molecule has 1 unspecified atom stereocenters. The Hall–Kier alpha value is -5.15. The van der Waals surface area contributed by atoms with E-state index in [0.29, 0.717) is 0 Å². The first kappa shape index (κ1) is 26.3. The maximum absolute atomic E-state index is 5.05. The molecule has 0 N–H and O–H groups in total. The van der Waals surface area contributed by atoms with E-state index in [-0.39, 0.29) is 11.5 Å². The maximum Gasteiger partial charge on any atom is 0.141 e. The highest BCUT2D eigenvalue weighted by atomic mass is 15.2. The lowest BCUT2D eigenvalue weighted by atomic mass is 9.71. The van der Waals surface area contributed by atoms with E-state index in [0.717, 1.165) is 36.2 Å². The van der Waals surface area contributed by atoms with Crippen LogP contribution in [0.1, 0.15) is 44.2 Å². The van der Waals surface area contributed by atoms with E-state index >= 15 is 0 Å². The number of para-hydroxylation sites is 1. The summed E-state index contributed by atoms with van der Waals surface area (Å²) in [6.45, 7) is 4.81. The van der Waals surface area contributed by atoms with Gasteiger partial charge in [0.05, 0.1) is 17.1 Å². The molecule has 2 aromatic heterocycles. The highest BCUT2D eigenvalue weighted by Gasteiger charge is 2.37. The van der Waals surface area contributed by atoms with E-state index in [2.05, 4.69) is 151 Å². The topological polar surface area (TPSA) is 21.1 Å².